The Kier molecular flexibility index (Phi) is 5.78. The van der Waals surface area contributed by atoms with E-state index >= 15 is 0 Å². The lowest BCUT2D eigenvalue weighted by Crippen LogP contribution is -2.51. The lowest BCUT2D eigenvalue weighted by Gasteiger charge is -2.34. The first-order valence-corrected chi connectivity index (χ1v) is 10.7. The molecule has 0 spiro atoms. The van der Waals surface area contributed by atoms with Crippen LogP contribution in [0.5, 0.6) is 5.75 Å². The number of piperazine rings is 1. The van der Waals surface area contributed by atoms with Crippen LogP contribution in [0.25, 0.3) is 10.2 Å². The summed E-state index contributed by atoms with van der Waals surface area (Å²) in [6, 6.07) is 11.6. The smallest absolute Gasteiger partial charge is 0.317 e. The molecule has 0 radical (unpaired) electrons. The van der Waals surface area contributed by atoms with Crippen LogP contribution in [-0.4, -0.2) is 49.2 Å². The van der Waals surface area contributed by atoms with E-state index in [2.05, 4.69) is 10.2 Å². The predicted molar refractivity (Wildman–Crippen MR) is 118 cm³/mol. The average molecular weight is 431 g/mol. The average Bonchev–Trinajstić information content (AvgIpc) is 3.20. The number of methoxy groups -OCH3 is 1. The number of benzene rings is 2. The molecule has 29 heavy (non-hydrogen) atoms. The third-order valence-corrected chi connectivity index (χ3v) is 6.67. The van der Waals surface area contributed by atoms with E-state index in [-0.39, 0.29) is 6.03 Å². The summed E-state index contributed by atoms with van der Waals surface area (Å²) >= 11 is 7.89. The molecule has 1 aliphatic heterocycles. The number of amides is 2. The molecule has 1 N–H and O–H groups in total. The summed E-state index contributed by atoms with van der Waals surface area (Å²) < 4.78 is 6.30. The minimum Gasteiger partial charge on any atom is -0.497 e. The Labute approximate surface area is 179 Å². The molecule has 6 nitrogen and oxygen atoms in total. The van der Waals surface area contributed by atoms with Crippen molar-refractivity contribution in [2.45, 2.75) is 13.5 Å². The number of aromatic nitrogens is 1. The maximum atomic E-state index is 12.5. The minimum atomic E-state index is -0.0348. The number of hydrogen-bond donors (Lipinski definition) is 1. The number of ether oxygens (including phenoxy) is 1. The van der Waals surface area contributed by atoms with Crippen LogP contribution >= 0.6 is 22.9 Å². The van der Waals surface area contributed by atoms with E-state index in [0.29, 0.717) is 19.6 Å². The molecule has 2 heterocycles. The number of halogens is 1. The summed E-state index contributed by atoms with van der Waals surface area (Å²) in [5, 5.41) is 4.73. The zero-order chi connectivity index (χ0) is 20.4. The SMILES string of the molecule is COc1ccc(CNC(=O)N2CCN(c3nc4c(C)c(Cl)ccc4s3)CC2)cc1. The quantitative estimate of drug-likeness (QED) is 0.670. The molecule has 0 atom stereocenters. The van der Waals surface area contributed by atoms with E-state index in [9.17, 15) is 4.79 Å². The van der Waals surface area contributed by atoms with Gasteiger partial charge in [-0.3, -0.25) is 0 Å². The number of anilines is 1. The zero-order valence-corrected chi connectivity index (χ0v) is 18.0. The number of carbonyl (C=O) groups excluding carboxylic acids is 1. The number of fused-ring (bicyclic) bond motifs is 1. The third kappa shape index (κ3) is 4.26. The fourth-order valence-electron chi connectivity index (χ4n) is 3.36. The van der Waals surface area contributed by atoms with E-state index in [4.69, 9.17) is 21.3 Å². The van der Waals surface area contributed by atoms with Gasteiger partial charge in [-0.1, -0.05) is 35.1 Å². The summed E-state index contributed by atoms with van der Waals surface area (Å²) in [7, 11) is 1.64. The van der Waals surface area contributed by atoms with Crippen LogP contribution in [0.2, 0.25) is 5.02 Å². The van der Waals surface area contributed by atoms with Crippen LogP contribution in [0.1, 0.15) is 11.1 Å². The van der Waals surface area contributed by atoms with Crippen molar-refractivity contribution >= 4 is 44.3 Å². The van der Waals surface area contributed by atoms with E-state index < -0.39 is 0 Å². The van der Waals surface area contributed by atoms with Crippen molar-refractivity contribution in [1.82, 2.24) is 15.2 Å². The predicted octanol–water partition coefficient (Wildman–Crippen LogP) is 4.30. The summed E-state index contributed by atoms with van der Waals surface area (Å²) in [5.74, 6) is 0.809. The van der Waals surface area contributed by atoms with Gasteiger partial charge in [0.1, 0.15) is 5.75 Å². The molecule has 2 amide bonds. The fourth-order valence-corrected chi connectivity index (χ4v) is 4.59. The number of urea groups is 1. The second-order valence-corrected chi connectivity index (χ2v) is 8.41. The van der Waals surface area contributed by atoms with Gasteiger partial charge in [0.25, 0.3) is 0 Å². The second-order valence-electron chi connectivity index (χ2n) is 7.00. The number of nitrogens with one attached hydrogen (secondary N) is 1. The van der Waals surface area contributed by atoms with Crippen LogP contribution in [0.3, 0.4) is 0 Å². The molecule has 8 heteroatoms. The van der Waals surface area contributed by atoms with Crippen LogP contribution in [0.15, 0.2) is 36.4 Å². The molecule has 1 fully saturated rings. The Balaban J connectivity index is 1.32. The Bertz CT molecular complexity index is 1010. The lowest BCUT2D eigenvalue weighted by atomic mass is 10.2. The number of aryl methyl sites for hydroxylation is 1. The maximum absolute atomic E-state index is 12.5. The van der Waals surface area contributed by atoms with Crippen LogP contribution < -0.4 is 15.0 Å². The van der Waals surface area contributed by atoms with E-state index in [0.717, 1.165) is 50.3 Å². The topological polar surface area (TPSA) is 57.7 Å². The Morgan fingerprint density at radius 3 is 2.59 bits per heavy atom. The molecule has 3 aromatic rings. The van der Waals surface area contributed by atoms with Gasteiger partial charge < -0.3 is 19.9 Å². The standard InChI is InChI=1S/C21H23ClN4O2S/c1-14-17(22)7-8-18-19(14)24-21(29-18)26-11-9-25(10-12-26)20(27)23-13-15-3-5-16(28-2)6-4-15/h3-8H,9-13H2,1-2H3,(H,23,27). The van der Waals surface area contributed by atoms with Crippen molar-refractivity contribution in [3.05, 3.63) is 52.5 Å². The van der Waals surface area contributed by atoms with E-state index in [1.54, 1.807) is 18.4 Å². The highest BCUT2D eigenvalue weighted by molar-refractivity contribution is 7.22. The van der Waals surface area contributed by atoms with Crippen LogP contribution in [-0.2, 0) is 6.54 Å². The van der Waals surface area contributed by atoms with Gasteiger partial charge in [0.2, 0.25) is 0 Å². The van der Waals surface area contributed by atoms with Gasteiger partial charge in [0, 0.05) is 37.7 Å². The van der Waals surface area contributed by atoms with E-state index in [1.807, 2.05) is 48.2 Å². The van der Waals surface area contributed by atoms with Crippen molar-refractivity contribution in [3.8, 4) is 5.75 Å². The van der Waals surface area contributed by atoms with Crippen molar-refractivity contribution < 1.29 is 9.53 Å². The molecule has 1 aromatic heterocycles. The first kappa shape index (κ1) is 19.8. The Morgan fingerprint density at radius 1 is 1.17 bits per heavy atom. The molecule has 4 rings (SSSR count). The second kappa shape index (κ2) is 8.47. The monoisotopic (exact) mass is 430 g/mol. The largest absolute Gasteiger partial charge is 0.497 e. The highest BCUT2D eigenvalue weighted by Gasteiger charge is 2.23. The molecular formula is C21H23ClN4O2S. The highest BCUT2D eigenvalue weighted by Crippen LogP contribution is 2.33. The molecule has 0 aliphatic carbocycles. The van der Waals surface area contributed by atoms with Gasteiger partial charge in [-0.2, -0.15) is 0 Å². The van der Waals surface area contributed by atoms with Gasteiger partial charge in [-0.25, -0.2) is 9.78 Å². The van der Waals surface area contributed by atoms with Crippen molar-refractivity contribution in [1.29, 1.82) is 0 Å². The molecule has 1 aliphatic rings. The van der Waals surface area contributed by atoms with Gasteiger partial charge in [-0.05, 0) is 42.3 Å². The number of carbonyl (C=O) groups is 1. The van der Waals surface area contributed by atoms with Crippen LogP contribution in [0, 0.1) is 6.92 Å². The Morgan fingerprint density at radius 2 is 1.90 bits per heavy atom. The first-order valence-electron chi connectivity index (χ1n) is 9.51. The van der Waals surface area contributed by atoms with Gasteiger partial charge in [0.15, 0.2) is 5.13 Å². The molecule has 0 saturated carbocycles. The van der Waals surface area contributed by atoms with Gasteiger partial charge in [0.05, 0.1) is 17.3 Å². The zero-order valence-electron chi connectivity index (χ0n) is 16.4. The number of rotatable bonds is 4. The molecular weight excluding hydrogens is 408 g/mol. The minimum absolute atomic E-state index is 0.0348. The first-order chi connectivity index (χ1) is 14.0. The van der Waals surface area contributed by atoms with Crippen LogP contribution in [0.4, 0.5) is 9.93 Å². The summed E-state index contributed by atoms with van der Waals surface area (Å²) in [6.07, 6.45) is 0. The number of thiazole rings is 1. The van der Waals surface area contributed by atoms with Crippen molar-refractivity contribution in [2.75, 3.05) is 38.2 Å². The molecule has 152 valence electrons. The molecule has 0 unspecified atom stereocenters. The van der Waals surface area contributed by atoms with Crippen molar-refractivity contribution in [3.63, 3.8) is 0 Å². The normalized spacial score (nSPS) is 14.3. The summed E-state index contributed by atoms with van der Waals surface area (Å²) in [5.41, 5.74) is 3.03. The lowest BCUT2D eigenvalue weighted by molar-refractivity contribution is 0.194. The molecule has 0 bridgehead atoms. The maximum Gasteiger partial charge on any atom is 0.317 e. The molecule has 2 aromatic carbocycles. The van der Waals surface area contributed by atoms with Gasteiger partial charge in [-0.15, -0.1) is 0 Å². The van der Waals surface area contributed by atoms with Gasteiger partial charge >= 0.3 is 6.03 Å². The van der Waals surface area contributed by atoms with E-state index in [1.165, 1.54) is 0 Å². The molecule has 1 saturated heterocycles. The third-order valence-electron chi connectivity index (χ3n) is 5.18. The summed E-state index contributed by atoms with van der Waals surface area (Å²) in [4.78, 5) is 21.4. The number of hydrogen-bond acceptors (Lipinski definition) is 5. The number of nitrogens with zero attached hydrogens (tertiary/aromatic N) is 3. The highest BCUT2D eigenvalue weighted by atomic mass is 35.5. The summed E-state index contributed by atoms with van der Waals surface area (Å²) in [6.45, 7) is 5.37. The Hall–Kier alpha value is -2.51. The fraction of sp³-hybridized carbons (Fsp3) is 0.333. The van der Waals surface area contributed by atoms with Crippen molar-refractivity contribution in [2.24, 2.45) is 0 Å².